The summed E-state index contributed by atoms with van der Waals surface area (Å²) in [6.07, 6.45) is 1.74. The molecule has 27 heavy (non-hydrogen) atoms. The SMILES string of the molecule is N#CCCCCOc1cccc(-c2c(C(=O)O)c(N)[nH]c(=O)c2C(=O)O)c1. The molecule has 0 aliphatic carbocycles. The van der Waals surface area contributed by atoms with Gasteiger partial charge >= 0.3 is 11.9 Å². The third-order valence-electron chi connectivity index (χ3n) is 3.75. The molecule has 140 valence electrons. The van der Waals surface area contributed by atoms with Crippen LogP contribution >= 0.6 is 0 Å². The molecule has 2 rings (SSSR count). The molecule has 0 unspecified atom stereocenters. The molecule has 0 radical (unpaired) electrons. The van der Waals surface area contributed by atoms with Gasteiger partial charge in [-0.05, 0) is 30.5 Å². The lowest BCUT2D eigenvalue weighted by atomic mass is 9.95. The Hall–Kier alpha value is -3.80. The van der Waals surface area contributed by atoms with Crippen LogP contribution in [0.1, 0.15) is 40.0 Å². The first-order valence-corrected chi connectivity index (χ1v) is 7.99. The monoisotopic (exact) mass is 371 g/mol. The van der Waals surface area contributed by atoms with Crippen LogP contribution in [0.25, 0.3) is 11.1 Å². The molecule has 5 N–H and O–H groups in total. The number of H-pyrrole nitrogens is 1. The topological polar surface area (TPSA) is 166 Å². The minimum absolute atomic E-state index is 0.178. The fourth-order valence-electron chi connectivity index (χ4n) is 2.57. The molecule has 0 aliphatic rings. The first-order valence-electron chi connectivity index (χ1n) is 7.99. The molecular formula is C18H17N3O6. The number of aromatic nitrogens is 1. The van der Waals surface area contributed by atoms with Gasteiger partial charge in [-0.2, -0.15) is 5.26 Å². The van der Waals surface area contributed by atoms with E-state index in [-0.39, 0.29) is 11.1 Å². The summed E-state index contributed by atoms with van der Waals surface area (Å²) < 4.78 is 5.55. The number of hydrogen-bond acceptors (Lipinski definition) is 6. The summed E-state index contributed by atoms with van der Waals surface area (Å²) >= 11 is 0. The molecule has 2 aromatic rings. The molecule has 0 bridgehead atoms. The van der Waals surface area contributed by atoms with Crippen LogP contribution in [0.2, 0.25) is 0 Å². The molecule has 0 atom stereocenters. The number of ether oxygens (including phenoxy) is 1. The van der Waals surface area contributed by atoms with Crippen molar-refractivity contribution in [3.63, 3.8) is 0 Å². The van der Waals surface area contributed by atoms with Gasteiger partial charge < -0.3 is 25.7 Å². The number of nitrogens with two attached hydrogens (primary N) is 1. The van der Waals surface area contributed by atoms with Gasteiger partial charge in [0.2, 0.25) is 0 Å². The van der Waals surface area contributed by atoms with E-state index in [0.29, 0.717) is 31.6 Å². The van der Waals surface area contributed by atoms with E-state index in [1.807, 2.05) is 6.07 Å². The van der Waals surface area contributed by atoms with Gasteiger partial charge in [0, 0.05) is 12.0 Å². The predicted octanol–water partition coefficient (Wildman–Crippen LogP) is 2.09. The average Bonchev–Trinajstić information content (AvgIpc) is 2.60. The smallest absolute Gasteiger partial charge is 0.342 e. The second kappa shape index (κ2) is 8.53. The Morgan fingerprint density at radius 1 is 1.19 bits per heavy atom. The van der Waals surface area contributed by atoms with Gasteiger partial charge in [0.25, 0.3) is 5.56 Å². The largest absolute Gasteiger partial charge is 0.494 e. The summed E-state index contributed by atoms with van der Waals surface area (Å²) in [5.41, 5.74) is 3.29. The number of unbranched alkanes of at least 4 members (excludes halogenated alkanes) is 2. The van der Waals surface area contributed by atoms with Gasteiger partial charge in [-0.15, -0.1) is 0 Å². The number of carbonyl (C=O) groups is 2. The molecule has 0 aliphatic heterocycles. The van der Waals surface area contributed by atoms with E-state index in [4.69, 9.17) is 15.7 Å². The van der Waals surface area contributed by atoms with Crippen LogP contribution in [0.15, 0.2) is 29.1 Å². The van der Waals surface area contributed by atoms with Crippen LogP contribution in [0.4, 0.5) is 5.82 Å². The molecule has 1 aromatic heterocycles. The molecule has 1 heterocycles. The van der Waals surface area contributed by atoms with Crippen molar-refractivity contribution in [3.05, 3.63) is 45.7 Å². The first-order chi connectivity index (χ1) is 12.9. The second-order valence-electron chi connectivity index (χ2n) is 5.59. The zero-order valence-corrected chi connectivity index (χ0v) is 14.2. The van der Waals surface area contributed by atoms with Crippen LogP contribution < -0.4 is 16.0 Å². The van der Waals surface area contributed by atoms with E-state index >= 15 is 0 Å². The highest BCUT2D eigenvalue weighted by Crippen LogP contribution is 2.31. The number of nitrogens with one attached hydrogen (secondary N) is 1. The van der Waals surface area contributed by atoms with Crippen LogP contribution in [0.5, 0.6) is 5.75 Å². The minimum atomic E-state index is -1.57. The lowest BCUT2D eigenvalue weighted by Gasteiger charge is -2.13. The van der Waals surface area contributed by atoms with Crippen molar-refractivity contribution in [3.8, 4) is 22.9 Å². The number of carboxylic acids is 2. The molecule has 0 saturated carbocycles. The lowest BCUT2D eigenvalue weighted by molar-refractivity contribution is 0.0695. The van der Waals surface area contributed by atoms with Crippen molar-refractivity contribution in [2.24, 2.45) is 0 Å². The summed E-state index contributed by atoms with van der Waals surface area (Å²) in [4.78, 5) is 37.2. The molecule has 0 amide bonds. The van der Waals surface area contributed by atoms with E-state index < -0.39 is 34.4 Å². The lowest BCUT2D eigenvalue weighted by Crippen LogP contribution is -2.24. The van der Waals surface area contributed by atoms with Crippen LogP contribution in [0, 0.1) is 11.3 Å². The Balaban J connectivity index is 2.50. The maximum atomic E-state index is 12.0. The van der Waals surface area contributed by atoms with Gasteiger partial charge in [0.1, 0.15) is 22.7 Å². The summed E-state index contributed by atoms with van der Waals surface area (Å²) in [6.45, 7) is 0.334. The number of hydrogen-bond donors (Lipinski definition) is 4. The van der Waals surface area contributed by atoms with Gasteiger partial charge in [0.05, 0.1) is 12.7 Å². The fraction of sp³-hybridized carbons (Fsp3) is 0.222. The van der Waals surface area contributed by atoms with Crippen molar-refractivity contribution in [1.29, 1.82) is 5.26 Å². The molecule has 1 aromatic carbocycles. The standard InChI is InChI=1S/C18H17N3O6/c19-7-2-1-3-8-27-11-6-4-5-10(9-11)12-13(17(23)24)15(20)21-16(22)14(12)18(25)26/h4-6,9H,1-3,8H2,(H,23,24)(H,25,26)(H3,20,21,22). The van der Waals surface area contributed by atoms with E-state index in [9.17, 15) is 24.6 Å². The summed E-state index contributed by atoms with van der Waals surface area (Å²) in [5, 5.41) is 27.3. The molecule has 9 nitrogen and oxygen atoms in total. The van der Waals surface area contributed by atoms with Gasteiger partial charge in [0.15, 0.2) is 0 Å². The van der Waals surface area contributed by atoms with Gasteiger partial charge in [-0.25, -0.2) is 9.59 Å². The fourth-order valence-corrected chi connectivity index (χ4v) is 2.57. The number of nitriles is 1. The van der Waals surface area contributed by atoms with Crippen LogP contribution in [0.3, 0.4) is 0 Å². The normalized spacial score (nSPS) is 10.2. The molecule has 0 saturated heterocycles. The first kappa shape index (κ1) is 19.5. The van der Waals surface area contributed by atoms with Crippen molar-refractivity contribution in [2.75, 3.05) is 12.3 Å². The highest BCUT2D eigenvalue weighted by atomic mass is 16.5. The Morgan fingerprint density at radius 2 is 1.89 bits per heavy atom. The van der Waals surface area contributed by atoms with E-state index in [1.54, 1.807) is 12.1 Å². The minimum Gasteiger partial charge on any atom is -0.494 e. The van der Waals surface area contributed by atoms with Crippen molar-refractivity contribution < 1.29 is 24.5 Å². The Kier molecular flexibility index (Phi) is 6.17. The number of carboxylic acid groups (broad SMARTS) is 2. The number of nitrogens with zero attached hydrogens (tertiary/aromatic N) is 1. The molecule has 0 fully saturated rings. The Morgan fingerprint density at radius 3 is 2.52 bits per heavy atom. The average molecular weight is 371 g/mol. The highest BCUT2D eigenvalue weighted by molar-refractivity contribution is 6.07. The van der Waals surface area contributed by atoms with Crippen LogP contribution in [-0.4, -0.2) is 33.7 Å². The zero-order chi connectivity index (χ0) is 20.0. The number of anilines is 1. The third-order valence-corrected chi connectivity index (χ3v) is 3.75. The summed E-state index contributed by atoms with van der Waals surface area (Å²) in [5.74, 6) is -3.10. The maximum absolute atomic E-state index is 12.0. The molecular weight excluding hydrogens is 354 g/mol. The van der Waals surface area contributed by atoms with Gasteiger partial charge in [-0.3, -0.25) is 4.79 Å². The van der Waals surface area contributed by atoms with Crippen molar-refractivity contribution in [2.45, 2.75) is 19.3 Å². The molecule has 9 heteroatoms. The summed E-state index contributed by atoms with van der Waals surface area (Å²) in [6, 6.07) is 8.11. The maximum Gasteiger partial charge on any atom is 0.342 e. The third kappa shape index (κ3) is 4.43. The Bertz CT molecular complexity index is 974. The van der Waals surface area contributed by atoms with E-state index in [1.165, 1.54) is 12.1 Å². The number of pyridine rings is 1. The number of aromatic carboxylic acids is 2. The van der Waals surface area contributed by atoms with E-state index in [2.05, 4.69) is 4.98 Å². The second-order valence-corrected chi connectivity index (χ2v) is 5.59. The van der Waals surface area contributed by atoms with Gasteiger partial charge in [-0.1, -0.05) is 12.1 Å². The predicted molar refractivity (Wildman–Crippen MR) is 95.8 cm³/mol. The number of aromatic amines is 1. The van der Waals surface area contributed by atoms with Crippen molar-refractivity contribution in [1.82, 2.24) is 4.98 Å². The number of rotatable bonds is 8. The Labute approximate surface area is 153 Å². The van der Waals surface area contributed by atoms with E-state index in [0.717, 1.165) is 0 Å². The zero-order valence-electron chi connectivity index (χ0n) is 14.2. The van der Waals surface area contributed by atoms with Crippen molar-refractivity contribution >= 4 is 17.8 Å². The number of benzene rings is 1. The van der Waals surface area contributed by atoms with Crippen LogP contribution in [-0.2, 0) is 0 Å². The quantitative estimate of drug-likeness (QED) is 0.512. The number of nitrogen functional groups attached to an aromatic ring is 1. The summed E-state index contributed by atoms with van der Waals surface area (Å²) in [7, 11) is 0. The molecule has 0 spiro atoms. The highest BCUT2D eigenvalue weighted by Gasteiger charge is 2.26.